The molecule has 0 aliphatic carbocycles. The van der Waals surface area contributed by atoms with Crippen LogP contribution in [0.4, 0.5) is 0 Å². The van der Waals surface area contributed by atoms with Crippen LogP contribution in [0.2, 0.25) is 5.02 Å². The number of benzene rings is 2. The van der Waals surface area contributed by atoms with E-state index in [1.807, 2.05) is 30.3 Å². The first-order valence-corrected chi connectivity index (χ1v) is 10.3. The molecular formula is C19H23ClN2O4S. The zero-order valence-electron chi connectivity index (χ0n) is 15.2. The highest BCUT2D eigenvalue weighted by Crippen LogP contribution is 2.15. The van der Waals surface area contributed by atoms with Crippen LogP contribution in [-0.4, -0.2) is 40.1 Å². The zero-order chi connectivity index (χ0) is 19.9. The van der Waals surface area contributed by atoms with Crippen LogP contribution in [0, 0.1) is 0 Å². The second kappa shape index (κ2) is 9.85. The molecule has 6 nitrogen and oxygen atoms in total. The minimum atomic E-state index is -3.89. The number of methoxy groups -OCH3 is 1. The molecule has 0 saturated heterocycles. The maximum atomic E-state index is 12.7. The van der Waals surface area contributed by atoms with Crippen LogP contribution in [0.5, 0.6) is 0 Å². The molecule has 27 heavy (non-hydrogen) atoms. The number of carbonyl (C=O) groups excluding carboxylic acids is 1. The van der Waals surface area contributed by atoms with Crippen LogP contribution < -0.4 is 10.0 Å². The monoisotopic (exact) mass is 410 g/mol. The summed E-state index contributed by atoms with van der Waals surface area (Å²) in [7, 11) is -2.36. The average Bonchev–Trinajstić information content (AvgIpc) is 2.62. The van der Waals surface area contributed by atoms with E-state index in [1.54, 1.807) is 6.92 Å². The van der Waals surface area contributed by atoms with E-state index in [0.717, 1.165) is 5.56 Å². The van der Waals surface area contributed by atoms with Crippen molar-refractivity contribution in [1.29, 1.82) is 0 Å². The van der Waals surface area contributed by atoms with E-state index in [1.165, 1.54) is 31.4 Å². The van der Waals surface area contributed by atoms with E-state index in [-0.39, 0.29) is 17.4 Å². The Hall–Kier alpha value is -1.93. The minimum absolute atomic E-state index is 0.0442. The number of amides is 1. The fraction of sp³-hybridized carbons (Fsp3) is 0.316. The first-order chi connectivity index (χ1) is 12.8. The fourth-order valence-corrected chi connectivity index (χ4v) is 3.86. The standard InChI is InChI=1S/C19H23ClN2O4S/c1-14(13-26-2)21-19(23)18(12-15-6-4-3-5-7-15)22-27(24,25)17-10-8-16(20)9-11-17/h3-11,14,18,22H,12-13H2,1-2H3,(H,21,23)/t14-,18+/m1/s1. The number of nitrogens with one attached hydrogen (secondary N) is 2. The topological polar surface area (TPSA) is 84.5 Å². The number of carbonyl (C=O) groups is 1. The van der Waals surface area contributed by atoms with Crippen molar-refractivity contribution in [2.24, 2.45) is 0 Å². The highest BCUT2D eigenvalue weighted by atomic mass is 35.5. The molecule has 2 aromatic rings. The lowest BCUT2D eigenvalue weighted by Crippen LogP contribution is -2.50. The van der Waals surface area contributed by atoms with Crippen molar-refractivity contribution in [3.05, 3.63) is 65.2 Å². The van der Waals surface area contributed by atoms with Crippen LogP contribution in [0.15, 0.2) is 59.5 Å². The molecule has 8 heteroatoms. The molecule has 0 aliphatic heterocycles. The van der Waals surface area contributed by atoms with Gasteiger partial charge in [0.1, 0.15) is 6.04 Å². The van der Waals surface area contributed by atoms with Gasteiger partial charge in [0.2, 0.25) is 15.9 Å². The molecule has 0 aromatic heterocycles. The van der Waals surface area contributed by atoms with Crippen LogP contribution in [0.25, 0.3) is 0 Å². The molecule has 2 rings (SSSR count). The summed E-state index contributed by atoms with van der Waals surface area (Å²) >= 11 is 5.82. The number of hydrogen-bond acceptors (Lipinski definition) is 4. The first kappa shape index (κ1) is 21.4. The summed E-state index contributed by atoms with van der Waals surface area (Å²) in [5.74, 6) is -0.416. The SMILES string of the molecule is COC[C@@H](C)NC(=O)[C@H](Cc1ccccc1)NS(=O)(=O)c1ccc(Cl)cc1. The van der Waals surface area contributed by atoms with Gasteiger partial charge >= 0.3 is 0 Å². The molecule has 2 atom stereocenters. The number of halogens is 1. The molecule has 0 bridgehead atoms. The molecule has 0 radical (unpaired) electrons. The maximum Gasteiger partial charge on any atom is 0.241 e. The molecule has 1 amide bonds. The van der Waals surface area contributed by atoms with Gasteiger partial charge < -0.3 is 10.1 Å². The van der Waals surface area contributed by atoms with E-state index < -0.39 is 22.0 Å². The van der Waals surface area contributed by atoms with Crippen molar-refractivity contribution in [2.45, 2.75) is 30.3 Å². The molecule has 2 aromatic carbocycles. The summed E-state index contributed by atoms with van der Waals surface area (Å²) in [5, 5.41) is 3.20. The van der Waals surface area contributed by atoms with Gasteiger partial charge in [-0.2, -0.15) is 4.72 Å². The summed E-state index contributed by atoms with van der Waals surface area (Å²) in [6, 6.07) is 13.8. The molecule has 0 heterocycles. The molecule has 2 N–H and O–H groups in total. The number of sulfonamides is 1. The molecule has 0 spiro atoms. The van der Waals surface area contributed by atoms with E-state index in [4.69, 9.17) is 16.3 Å². The molecular weight excluding hydrogens is 388 g/mol. The van der Waals surface area contributed by atoms with E-state index in [2.05, 4.69) is 10.0 Å². The van der Waals surface area contributed by atoms with Crippen LogP contribution >= 0.6 is 11.6 Å². The summed E-state index contributed by atoms with van der Waals surface area (Å²) in [6.45, 7) is 2.11. The van der Waals surface area contributed by atoms with Gasteiger partial charge in [0.15, 0.2) is 0 Å². The third-order valence-electron chi connectivity index (χ3n) is 3.83. The van der Waals surface area contributed by atoms with Gasteiger partial charge in [-0.1, -0.05) is 41.9 Å². The van der Waals surface area contributed by atoms with E-state index in [9.17, 15) is 13.2 Å². The molecule has 0 saturated carbocycles. The average molecular weight is 411 g/mol. The Balaban J connectivity index is 2.22. The lowest BCUT2D eigenvalue weighted by atomic mass is 10.1. The fourth-order valence-electron chi connectivity index (χ4n) is 2.54. The largest absolute Gasteiger partial charge is 0.383 e. The van der Waals surface area contributed by atoms with Crippen molar-refractivity contribution >= 4 is 27.5 Å². The zero-order valence-corrected chi connectivity index (χ0v) is 16.8. The summed E-state index contributed by atoms with van der Waals surface area (Å²) < 4.78 is 32.9. The molecule has 0 unspecified atom stereocenters. The van der Waals surface area contributed by atoms with E-state index >= 15 is 0 Å². The van der Waals surface area contributed by atoms with Gasteiger partial charge in [-0.05, 0) is 43.2 Å². The molecule has 0 fully saturated rings. The second-order valence-corrected chi connectivity index (χ2v) is 8.33. The summed E-state index contributed by atoms with van der Waals surface area (Å²) in [5.41, 5.74) is 0.843. The predicted molar refractivity (Wildman–Crippen MR) is 105 cm³/mol. The Labute approximate surface area is 164 Å². The first-order valence-electron chi connectivity index (χ1n) is 8.43. The van der Waals surface area contributed by atoms with Gasteiger partial charge in [0.25, 0.3) is 0 Å². The minimum Gasteiger partial charge on any atom is -0.383 e. The third-order valence-corrected chi connectivity index (χ3v) is 5.57. The van der Waals surface area contributed by atoms with E-state index in [0.29, 0.717) is 11.6 Å². The van der Waals surface area contributed by atoms with Gasteiger partial charge in [0, 0.05) is 18.2 Å². The molecule has 0 aliphatic rings. The van der Waals surface area contributed by atoms with Crippen LogP contribution in [0.3, 0.4) is 0 Å². The number of hydrogen-bond donors (Lipinski definition) is 2. The Morgan fingerprint density at radius 1 is 1.11 bits per heavy atom. The predicted octanol–water partition coefficient (Wildman–Crippen LogP) is 2.38. The van der Waals surface area contributed by atoms with Crippen molar-refractivity contribution in [1.82, 2.24) is 10.0 Å². The Morgan fingerprint density at radius 2 is 1.74 bits per heavy atom. The molecule has 146 valence electrons. The Bertz CT molecular complexity index is 842. The van der Waals surface area contributed by atoms with Crippen LogP contribution in [0.1, 0.15) is 12.5 Å². The Morgan fingerprint density at radius 3 is 2.33 bits per heavy atom. The van der Waals surface area contributed by atoms with Gasteiger partial charge in [-0.15, -0.1) is 0 Å². The summed E-state index contributed by atoms with van der Waals surface area (Å²) in [4.78, 5) is 12.7. The van der Waals surface area contributed by atoms with Gasteiger partial charge in [-0.25, -0.2) is 8.42 Å². The van der Waals surface area contributed by atoms with Crippen molar-refractivity contribution in [2.75, 3.05) is 13.7 Å². The smallest absolute Gasteiger partial charge is 0.241 e. The lowest BCUT2D eigenvalue weighted by Gasteiger charge is -2.21. The summed E-state index contributed by atoms with van der Waals surface area (Å²) in [6.07, 6.45) is 0.221. The second-order valence-electron chi connectivity index (χ2n) is 6.18. The van der Waals surface area contributed by atoms with Crippen molar-refractivity contribution in [3.8, 4) is 0 Å². The van der Waals surface area contributed by atoms with Crippen molar-refractivity contribution in [3.63, 3.8) is 0 Å². The highest BCUT2D eigenvalue weighted by molar-refractivity contribution is 7.89. The number of ether oxygens (including phenoxy) is 1. The highest BCUT2D eigenvalue weighted by Gasteiger charge is 2.27. The normalized spacial score (nSPS) is 13.7. The van der Waals surface area contributed by atoms with Gasteiger partial charge in [0.05, 0.1) is 11.5 Å². The number of rotatable bonds is 9. The quantitative estimate of drug-likeness (QED) is 0.664. The third kappa shape index (κ3) is 6.62. The Kier molecular flexibility index (Phi) is 7.79. The van der Waals surface area contributed by atoms with Crippen LogP contribution in [-0.2, 0) is 26.0 Å². The maximum absolute atomic E-state index is 12.7. The lowest BCUT2D eigenvalue weighted by molar-refractivity contribution is -0.123. The van der Waals surface area contributed by atoms with Gasteiger partial charge in [-0.3, -0.25) is 4.79 Å². The van der Waals surface area contributed by atoms with Crippen molar-refractivity contribution < 1.29 is 17.9 Å².